The highest BCUT2D eigenvalue weighted by molar-refractivity contribution is 7.99. The Kier molecular flexibility index (Phi) is 5.71. The van der Waals surface area contributed by atoms with Crippen LogP contribution in [0, 0.1) is 6.92 Å². The number of H-pyrrole nitrogens is 1. The van der Waals surface area contributed by atoms with Gasteiger partial charge in [-0.2, -0.15) is 0 Å². The second-order valence-corrected chi connectivity index (χ2v) is 8.93. The fraction of sp³-hybridized carbons (Fsp3) is 0.292. The number of aromatic nitrogens is 3. The van der Waals surface area contributed by atoms with Gasteiger partial charge in [-0.3, -0.25) is 14.2 Å². The third-order valence-corrected chi connectivity index (χ3v) is 6.61. The molecule has 1 amide bonds. The van der Waals surface area contributed by atoms with Crippen molar-refractivity contribution in [1.29, 1.82) is 0 Å². The number of thioether (sulfide) groups is 1. The van der Waals surface area contributed by atoms with Gasteiger partial charge in [0.25, 0.3) is 5.56 Å². The smallest absolute Gasteiger partial charge is 0.283 e. The number of para-hydroxylation sites is 1. The molecule has 0 bridgehead atoms. The Morgan fingerprint density at radius 2 is 2.06 bits per heavy atom. The Hall–Kier alpha value is -3.10. The molecule has 164 valence electrons. The molecule has 32 heavy (non-hydrogen) atoms. The molecular formula is C24H24N4O3S. The van der Waals surface area contributed by atoms with E-state index in [0.717, 1.165) is 41.6 Å². The predicted molar refractivity (Wildman–Crippen MR) is 127 cm³/mol. The monoisotopic (exact) mass is 448 g/mol. The van der Waals surface area contributed by atoms with Gasteiger partial charge in [-0.1, -0.05) is 47.7 Å². The van der Waals surface area contributed by atoms with Gasteiger partial charge in [-0.15, -0.1) is 0 Å². The Bertz CT molecular complexity index is 1340. The average Bonchev–Trinajstić information content (AvgIpc) is 3.45. The first-order valence-corrected chi connectivity index (χ1v) is 11.7. The van der Waals surface area contributed by atoms with E-state index in [9.17, 15) is 9.59 Å². The highest BCUT2D eigenvalue weighted by atomic mass is 32.2. The van der Waals surface area contributed by atoms with Gasteiger partial charge >= 0.3 is 0 Å². The molecule has 0 unspecified atom stereocenters. The molecule has 0 saturated carbocycles. The summed E-state index contributed by atoms with van der Waals surface area (Å²) in [6.45, 7) is 3.27. The number of benzene rings is 2. The van der Waals surface area contributed by atoms with Crippen LogP contribution in [-0.4, -0.2) is 45.5 Å². The van der Waals surface area contributed by atoms with Crippen LogP contribution in [0.15, 0.2) is 58.5 Å². The molecule has 0 spiro atoms. The zero-order chi connectivity index (χ0) is 22.1. The molecule has 1 aliphatic rings. The largest absolute Gasteiger partial charge is 0.376 e. The van der Waals surface area contributed by atoms with E-state index < -0.39 is 0 Å². The van der Waals surface area contributed by atoms with Gasteiger partial charge in [0, 0.05) is 24.1 Å². The number of amides is 1. The number of aryl methyl sites for hydroxylation is 1. The van der Waals surface area contributed by atoms with Crippen LogP contribution in [0.4, 0.5) is 0 Å². The van der Waals surface area contributed by atoms with Crippen molar-refractivity contribution >= 4 is 39.6 Å². The van der Waals surface area contributed by atoms with Gasteiger partial charge < -0.3 is 15.0 Å². The molecule has 1 atom stereocenters. The minimum atomic E-state index is -0.183. The minimum Gasteiger partial charge on any atom is -0.376 e. The number of hydrogen-bond acceptors (Lipinski definition) is 5. The maximum absolute atomic E-state index is 13.5. The lowest BCUT2D eigenvalue weighted by Crippen LogP contribution is -2.33. The van der Waals surface area contributed by atoms with Gasteiger partial charge in [0.2, 0.25) is 5.91 Å². The van der Waals surface area contributed by atoms with E-state index >= 15 is 0 Å². The number of nitrogens with zero attached hydrogens (tertiary/aromatic N) is 2. The van der Waals surface area contributed by atoms with Crippen LogP contribution < -0.4 is 10.9 Å². The van der Waals surface area contributed by atoms with Gasteiger partial charge in [0.15, 0.2) is 5.16 Å². The fourth-order valence-electron chi connectivity index (χ4n) is 3.97. The van der Waals surface area contributed by atoms with E-state index in [1.54, 1.807) is 4.57 Å². The van der Waals surface area contributed by atoms with E-state index in [-0.39, 0.29) is 23.3 Å². The molecule has 1 aliphatic heterocycles. The maximum atomic E-state index is 13.5. The van der Waals surface area contributed by atoms with E-state index in [4.69, 9.17) is 9.72 Å². The van der Waals surface area contributed by atoms with Crippen molar-refractivity contribution in [2.24, 2.45) is 0 Å². The van der Waals surface area contributed by atoms with Crippen LogP contribution in [0.3, 0.4) is 0 Å². The molecule has 0 aliphatic carbocycles. The summed E-state index contributed by atoms with van der Waals surface area (Å²) in [7, 11) is 0. The van der Waals surface area contributed by atoms with Crippen molar-refractivity contribution in [3.8, 4) is 5.69 Å². The summed E-state index contributed by atoms with van der Waals surface area (Å²) < 4.78 is 7.14. The van der Waals surface area contributed by atoms with Gasteiger partial charge in [0.1, 0.15) is 11.0 Å². The summed E-state index contributed by atoms with van der Waals surface area (Å²) in [6, 6.07) is 15.4. The van der Waals surface area contributed by atoms with Crippen molar-refractivity contribution in [2.45, 2.75) is 31.0 Å². The number of hydrogen-bond donors (Lipinski definition) is 2. The summed E-state index contributed by atoms with van der Waals surface area (Å²) in [6.07, 6.45) is 2.10. The first kappa shape index (κ1) is 20.8. The molecule has 2 N–H and O–H groups in total. The van der Waals surface area contributed by atoms with E-state index in [2.05, 4.69) is 10.3 Å². The van der Waals surface area contributed by atoms with Crippen molar-refractivity contribution < 1.29 is 9.53 Å². The van der Waals surface area contributed by atoms with Gasteiger partial charge in [-0.05, 0) is 38.0 Å². The summed E-state index contributed by atoms with van der Waals surface area (Å²) in [5.41, 5.74) is 3.58. The standard InChI is InChI=1S/C24H24N4O3S/c1-15-8-10-16(11-9-15)28-23(30)22-21(18-6-2-3-7-19(18)26-22)27-24(28)32-14-20(29)25-13-17-5-4-12-31-17/h2-3,6-11,17,26H,4-5,12-14H2,1H3,(H,25,29)/t17-/m1/s1. The highest BCUT2D eigenvalue weighted by Crippen LogP contribution is 2.26. The van der Waals surface area contributed by atoms with Gasteiger partial charge in [-0.25, -0.2) is 4.98 Å². The number of ether oxygens (including phenoxy) is 1. The SMILES string of the molecule is Cc1ccc(-n2c(SCC(=O)NC[C@H]3CCCO3)nc3c([nH]c4ccccc43)c2=O)cc1. The first-order chi connectivity index (χ1) is 15.6. The summed E-state index contributed by atoms with van der Waals surface area (Å²) in [5.74, 6) is 0.0630. The fourth-order valence-corrected chi connectivity index (χ4v) is 4.81. The second-order valence-electron chi connectivity index (χ2n) is 7.99. The zero-order valence-electron chi connectivity index (χ0n) is 17.8. The molecule has 2 aromatic carbocycles. The summed E-state index contributed by atoms with van der Waals surface area (Å²) >= 11 is 1.26. The lowest BCUT2D eigenvalue weighted by atomic mass is 10.2. The second kappa shape index (κ2) is 8.80. The van der Waals surface area contributed by atoms with Crippen LogP contribution >= 0.6 is 11.8 Å². The number of nitrogens with one attached hydrogen (secondary N) is 2. The highest BCUT2D eigenvalue weighted by Gasteiger charge is 2.19. The van der Waals surface area contributed by atoms with Crippen LogP contribution in [0.5, 0.6) is 0 Å². The normalized spacial score (nSPS) is 16.1. The number of aromatic amines is 1. The first-order valence-electron chi connectivity index (χ1n) is 10.7. The molecule has 0 radical (unpaired) electrons. The molecule has 3 heterocycles. The molecule has 4 aromatic rings. The van der Waals surface area contributed by atoms with Crippen molar-refractivity contribution in [3.05, 3.63) is 64.4 Å². The summed E-state index contributed by atoms with van der Waals surface area (Å²) in [5, 5.41) is 4.31. The number of carbonyl (C=O) groups excluding carboxylic acids is 1. The Morgan fingerprint density at radius 3 is 2.84 bits per heavy atom. The number of carbonyl (C=O) groups is 1. The molecule has 1 saturated heterocycles. The number of rotatable bonds is 6. The Balaban J connectivity index is 1.50. The third kappa shape index (κ3) is 4.03. The van der Waals surface area contributed by atoms with Crippen molar-refractivity contribution in [2.75, 3.05) is 18.9 Å². The minimum absolute atomic E-state index is 0.0929. The molecule has 2 aromatic heterocycles. The molecular weight excluding hydrogens is 424 g/mol. The Labute approximate surface area is 189 Å². The van der Waals surface area contributed by atoms with E-state index in [1.807, 2.05) is 55.5 Å². The van der Waals surface area contributed by atoms with E-state index in [1.165, 1.54) is 11.8 Å². The van der Waals surface area contributed by atoms with Gasteiger partial charge in [0.05, 0.1) is 17.5 Å². The van der Waals surface area contributed by atoms with Crippen LogP contribution in [0.1, 0.15) is 18.4 Å². The predicted octanol–water partition coefficient (Wildman–Crippen LogP) is 3.56. The van der Waals surface area contributed by atoms with Crippen molar-refractivity contribution in [1.82, 2.24) is 19.9 Å². The molecule has 7 nitrogen and oxygen atoms in total. The Morgan fingerprint density at radius 1 is 1.25 bits per heavy atom. The average molecular weight is 449 g/mol. The summed E-state index contributed by atoms with van der Waals surface area (Å²) in [4.78, 5) is 34.0. The third-order valence-electron chi connectivity index (χ3n) is 5.67. The van der Waals surface area contributed by atoms with Crippen molar-refractivity contribution in [3.63, 3.8) is 0 Å². The quantitative estimate of drug-likeness (QED) is 0.348. The van der Waals surface area contributed by atoms with E-state index in [0.29, 0.717) is 22.7 Å². The van der Waals surface area contributed by atoms with Crippen LogP contribution in [0.2, 0.25) is 0 Å². The number of fused-ring (bicyclic) bond motifs is 3. The topological polar surface area (TPSA) is 89.0 Å². The van der Waals surface area contributed by atoms with Crippen LogP contribution in [-0.2, 0) is 9.53 Å². The lowest BCUT2D eigenvalue weighted by molar-refractivity contribution is -0.119. The molecule has 8 heteroatoms. The zero-order valence-corrected chi connectivity index (χ0v) is 18.6. The van der Waals surface area contributed by atoms with Crippen LogP contribution in [0.25, 0.3) is 27.6 Å². The maximum Gasteiger partial charge on any atom is 0.283 e. The molecule has 5 rings (SSSR count). The molecule has 1 fully saturated rings. The lowest BCUT2D eigenvalue weighted by Gasteiger charge is -2.13.